The van der Waals surface area contributed by atoms with Crippen molar-refractivity contribution >= 4 is 11.3 Å². The minimum atomic E-state index is 0.263. The summed E-state index contributed by atoms with van der Waals surface area (Å²) in [5.41, 5.74) is 1.81. The third-order valence-electron chi connectivity index (χ3n) is 2.97. The smallest absolute Gasteiger partial charge is 0.100 e. The molecular formula is C14H15N3S. The molecule has 0 fully saturated rings. The third kappa shape index (κ3) is 2.95. The number of aromatic nitrogens is 1. The molecule has 0 N–H and O–H groups in total. The molecule has 3 nitrogen and oxygen atoms in total. The Morgan fingerprint density at radius 2 is 2.33 bits per heavy atom. The van der Waals surface area contributed by atoms with E-state index in [-0.39, 0.29) is 6.04 Å². The highest BCUT2D eigenvalue weighted by atomic mass is 32.1. The maximum absolute atomic E-state index is 8.81. The fraction of sp³-hybridized carbons (Fsp3) is 0.286. The van der Waals surface area contributed by atoms with Gasteiger partial charge in [-0.3, -0.25) is 9.88 Å². The second-order valence-electron chi connectivity index (χ2n) is 4.26. The van der Waals surface area contributed by atoms with Crippen LogP contribution in [0.1, 0.15) is 29.1 Å². The molecule has 0 radical (unpaired) electrons. The van der Waals surface area contributed by atoms with Gasteiger partial charge in [0.2, 0.25) is 0 Å². The van der Waals surface area contributed by atoms with E-state index in [1.807, 2.05) is 35.8 Å². The zero-order valence-corrected chi connectivity index (χ0v) is 11.3. The van der Waals surface area contributed by atoms with Crippen LogP contribution in [0.15, 0.2) is 35.8 Å². The Morgan fingerprint density at radius 3 is 2.94 bits per heavy atom. The molecule has 2 rings (SSSR count). The van der Waals surface area contributed by atoms with E-state index in [1.54, 1.807) is 11.3 Å². The maximum atomic E-state index is 8.81. The summed E-state index contributed by atoms with van der Waals surface area (Å²) in [5, 5.41) is 10.7. The molecule has 0 aliphatic rings. The van der Waals surface area contributed by atoms with Crippen LogP contribution in [0.2, 0.25) is 0 Å². The van der Waals surface area contributed by atoms with Crippen molar-refractivity contribution in [1.29, 1.82) is 5.26 Å². The van der Waals surface area contributed by atoms with E-state index in [1.165, 1.54) is 4.88 Å². The second kappa shape index (κ2) is 5.76. The van der Waals surface area contributed by atoms with E-state index in [4.69, 9.17) is 5.26 Å². The summed E-state index contributed by atoms with van der Waals surface area (Å²) in [5.74, 6) is 0. The summed E-state index contributed by atoms with van der Waals surface area (Å²) in [6, 6.07) is 10.3. The summed E-state index contributed by atoms with van der Waals surface area (Å²) in [6.45, 7) is 2.98. The van der Waals surface area contributed by atoms with Gasteiger partial charge in [-0.1, -0.05) is 6.07 Å². The largest absolute Gasteiger partial charge is 0.293 e. The Bertz CT molecular complexity index is 542. The zero-order chi connectivity index (χ0) is 13.0. The summed E-state index contributed by atoms with van der Waals surface area (Å²) in [6.07, 6.45) is 1.82. The number of pyridine rings is 1. The first-order chi connectivity index (χ1) is 8.70. The third-order valence-corrected chi connectivity index (χ3v) is 3.89. The number of hydrogen-bond donors (Lipinski definition) is 0. The average molecular weight is 257 g/mol. The van der Waals surface area contributed by atoms with Gasteiger partial charge in [-0.15, -0.1) is 11.3 Å². The lowest BCUT2D eigenvalue weighted by Crippen LogP contribution is -2.22. The van der Waals surface area contributed by atoms with Gasteiger partial charge in [0.1, 0.15) is 6.07 Å². The number of hydrogen-bond acceptors (Lipinski definition) is 4. The normalized spacial score (nSPS) is 12.3. The molecule has 2 heterocycles. The summed E-state index contributed by atoms with van der Waals surface area (Å²) < 4.78 is 0. The zero-order valence-electron chi connectivity index (χ0n) is 10.5. The predicted molar refractivity (Wildman–Crippen MR) is 73.2 cm³/mol. The van der Waals surface area contributed by atoms with Crippen LogP contribution < -0.4 is 0 Å². The SMILES string of the molecule is C[C@@H](c1ccccn1)N(C)Cc1cc(C#N)cs1. The van der Waals surface area contributed by atoms with E-state index in [0.717, 1.165) is 17.8 Å². The van der Waals surface area contributed by atoms with Crippen molar-refractivity contribution in [2.75, 3.05) is 7.05 Å². The van der Waals surface area contributed by atoms with Crippen molar-refractivity contribution in [2.24, 2.45) is 0 Å². The van der Waals surface area contributed by atoms with Gasteiger partial charge in [0.05, 0.1) is 11.3 Å². The quantitative estimate of drug-likeness (QED) is 0.844. The molecule has 4 heteroatoms. The number of nitriles is 1. The lowest BCUT2D eigenvalue weighted by atomic mass is 10.2. The molecule has 2 aromatic heterocycles. The van der Waals surface area contributed by atoms with E-state index in [0.29, 0.717) is 0 Å². The molecule has 0 unspecified atom stereocenters. The maximum Gasteiger partial charge on any atom is 0.100 e. The molecule has 0 amide bonds. The molecule has 0 aliphatic heterocycles. The Kier molecular flexibility index (Phi) is 4.08. The second-order valence-corrected chi connectivity index (χ2v) is 5.25. The number of thiophene rings is 1. The van der Waals surface area contributed by atoms with Crippen molar-refractivity contribution in [3.05, 3.63) is 52.0 Å². The molecule has 92 valence electrons. The number of nitrogens with zero attached hydrogens (tertiary/aromatic N) is 3. The van der Waals surface area contributed by atoms with Crippen LogP contribution in [-0.4, -0.2) is 16.9 Å². The van der Waals surface area contributed by atoms with E-state index < -0.39 is 0 Å². The lowest BCUT2D eigenvalue weighted by Gasteiger charge is -2.23. The lowest BCUT2D eigenvalue weighted by molar-refractivity contribution is 0.251. The minimum absolute atomic E-state index is 0.263. The molecule has 0 bridgehead atoms. The van der Waals surface area contributed by atoms with Crippen molar-refractivity contribution in [2.45, 2.75) is 19.5 Å². The van der Waals surface area contributed by atoms with Gasteiger partial charge in [-0.2, -0.15) is 5.26 Å². The van der Waals surface area contributed by atoms with Crippen LogP contribution in [0, 0.1) is 11.3 Å². The van der Waals surface area contributed by atoms with Crippen LogP contribution in [0.3, 0.4) is 0 Å². The van der Waals surface area contributed by atoms with Gasteiger partial charge < -0.3 is 0 Å². The molecule has 0 saturated carbocycles. The highest BCUT2D eigenvalue weighted by molar-refractivity contribution is 7.10. The van der Waals surface area contributed by atoms with Crippen molar-refractivity contribution in [1.82, 2.24) is 9.88 Å². The Hall–Kier alpha value is -1.70. The fourth-order valence-electron chi connectivity index (χ4n) is 1.75. The van der Waals surface area contributed by atoms with Crippen LogP contribution in [-0.2, 0) is 6.54 Å². The molecular weight excluding hydrogens is 242 g/mol. The molecule has 0 saturated heterocycles. The minimum Gasteiger partial charge on any atom is -0.293 e. The fourth-order valence-corrected chi connectivity index (χ4v) is 2.63. The standard InChI is InChI=1S/C14H15N3S/c1-11(14-5-3-4-6-16-14)17(2)9-13-7-12(8-15)10-18-13/h3-7,10-11H,9H2,1-2H3/t11-/m0/s1. The van der Waals surface area contributed by atoms with Gasteiger partial charge in [0.25, 0.3) is 0 Å². The highest BCUT2D eigenvalue weighted by Crippen LogP contribution is 2.21. The van der Waals surface area contributed by atoms with Crippen LogP contribution in [0.25, 0.3) is 0 Å². The van der Waals surface area contributed by atoms with Crippen LogP contribution in [0.5, 0.6) is 0 Å². The molecule has 1 atom stereocenters. The topological polar surface area (TPSA) is 39.9 Å². The predicted octanol–water partition coefficient (Wildman–Crippen LogP) is 3.21. The van der Waals surface area contributed by atoms with Crippen molar-refractivity contribution in [3.8, 4) is 6.07 Å². The Morgan fingerprint density at radius 1 is 1.50 bits per heavy atom. The first-order valence-corrected chi connectivity index (χ1v) is 6.67. The highest BCUT2D eigenvalue weighted by Gasteiger charge is 2.13. The van der Waals surface area contributed by atoms with Crippen molar-refractivity contribution < 1.29 is 0 Å². The van der Waals surface area contributed by atoms with E-state index >= 15 is 0 Å². The number of rotatable bonds is 4. The van der Waals surface area contributed by atoms with Gasteiger partial charge in [0, 0.05) is 29.0 Å². The van der Waals surface area contributed by atoms with Crippen LogP contribution in [0.4, 0.5) is 0 Å². The van der Waals surface area contributed by atoms with Gasteiger partial charge in [0.15, 0.2) is 0 Å². The molecule has 18 heavy (non-hydrogen) atoms. The monoisotopic (exact) mass is 257 g/mol. The summed E-state index contributed by atoms with van der Waals surface area (Å²) in [7, 11) is 2.07. The average Bonchev–Trinajstić information content (AvgIpc) is 2.86. The molecule has 2 aromatic rings. The summed E-state index contributed by atoms with van der Waals surface area (Å²) >= 11 is 1.63. The summed E-state index contributed by atoms with van der Waals surface area (Å²) in [4.78, 5) is 7.81. The Balaban J connectivity index is 2.04. The first kappa shape index (κ1) is 12.7. The van der Waals surface area contributed by atoms with E-state index in [9.17, 15) is 0 Å². The van der Waals surface area contributed by atoms with Gasteiger partial charge >= 0.3 is 0 Å². The molecule has 0 spiro atoms. The van der Waals surface area contributed by atoms with E-state index in [2.05, 4.69) is 29.9 Å². The van der Waals surface area contributed by atoms with Crippen LogP contribution >= 0.6 is 11.3 Å². The molecule has 0 aliphatic carbocycles. The van der Waals surface area contributed by atoms with Gasteiger partial charge in [-0.05, 0) is 32.2 Å². The first-order valence-electron chi connectivity index (χ1n) is 5.79. The Labute approximate surface area is 111 Å². The molecule has 0 aromatic carbocycles. The van der Waals surface area contributed by atoms with Gasteiger partial charge in [-0.25, -0.2) is 0 Å². The van der Waals surface area contributed by atoms with Crippen molar-refractivity contribution in [3.63, 3.8) is 0 Å².